The van der Waals surface area contributed by atoms with Gasteiger partial charge in [0, 0.05) is 43.4 Å². The largest absolute Gasteiger partial charge is 0.395 e. The number of benzene rings is 1. The molecule has 0 aliphatic carbocycles. The first-order chi connectivity index (χ1) is 14.1. The van der Waals surface area contributed by atoms with Crippen molar-refractivity contribution in [2.45, 2.75) is 6.92 Å². The van der Waals surface area contributed by atoms with Crippen LogP contribution in [0.2, 0.25) is 0 Å². The molecule has 1 aliphatic heterocycles. The molecule has 3 heterocycles. The molecular formula is C19H22BrN7OS. The molecule has 1 aromatic carbocycles. The summed E-state index contributed by atoms with van der Waals surface area (Å²) in [5.41, 5.74) is 1.12. The Labute approximate surface area is 181 Å². The molecule has 2 aromatic heterocycles. The quantitative estimate of drug-likeness (QED) is 0.562. The van der Waals surface area contributed by atoms with Crippen LogP contribution in [0.4, 0.5) is 17.0 Å². The summed E-state index contributed by atoms with van der Waals surface area (Å²) >= 11 is 5.02. The average Bonchev–Trinajstić information content (AvgIpc) is 3.17. The maximum atomic E-state index is 9.10. The molecule has 4 rings (SSSR count). The van der Waals surface area contributed by atoms with Gasteiger partial charge in [0.2, 0.25) is 11.9 Å². The smallest absolute Gasteiger partial charge is 0.234 e. The van der Waals surface area contributed by atoms with Crippen LogP contribution in [0, 0.1) is 6.92 Å². The average molecular weight is 476 g/mol. The number of hydrogen-bond acceptors (Lipinski definition) is 9. The lowest BCUT2D eigenvalue weighted by Gasteiger charge is -2.34. The van der Waals surface area contributed by atoms with E-state index in [4.69, 9.17) is 5.11 Å². The molecule has 1 aliphatic rings. The van der Waals surface area contributed by atoms with Crippen LogP contribution in [0.5, 0.6) is 0 Å². The van der Waals surface area contributed by atoms with E-state index in [0.717, 1.165) is 46.2 Å². The Hall–Kier alpha value is -2.14. The van der Waals surface area contributed by atoms with Gasteiger partial charge in [-0.1, -0.05) is 39.4 Å². The number of rotatable bonds is 6. The second-order valence-electron chi connectivity index (χ2n) is 6.72. The summed E-state index contributed by atoms with van der Waals surface area (Å²) in [5.74, 6) is 1.84. The van der Waals surface area contributed by atoms with Gasteiger partial charge in [-0.05, 0) is 24.6 Å². The lowest BCUT2D eigenvalue weighted by atomic mass is 10.2. The van der Waals surface area contributed by atoms with Gasteiger partial charge in [0.25, 0.3) is 0 Å². The van der Waals surface area contributed by atoms with Crippen molar-refractivity contribution in [3.63, 3.8) is 0 Å². The third-order valence-corrected chi connectivity index (χ3v) is 6.15. The molecule has 0 radical (unpaired) electrons. The van der Waals surface area contributed by atoms with Crippen LogP contribution in [0.1, 0.15) is 5.82 Å². The highest BCUT2D eigenvalue weighted by Crippen LogP contribution is 2.31. The highest BCUT2D eigenvalue weighted by atomic mass is 79.9. The molecule has 0 amide bonds. The van der Waals surface area contributed by atoms with Gasteiger partial charge in [-0.15, -0.1) is 0 Å². The summed E-state index contributed by atoms with van der Waals surface area (Å²) < 4.78 is 1.05. The number of halogens is 1. The van der Waals surface area contributed by atoms with Crippen LogP contribution in [0.15, 0.2) is 34.9 Å². The first-order valence-corrected chi connectivity index (χ1v) is 11.0. The van der Waals surface area contributed by atoms with Crippen molar-refractivity contribution >= 4 is 44.3 Å². The number of aliphatic hydroxyl groups excluding tert-OH is 1. The van der Waals surface area contributed by atoms with Gasteiger partial charge in [-0.3, -0.25) is 10.2 Å². The number of aromatic nitrogens is 4. The third kappa shape index (κ3) is 5.08. The number of aryl methyl sites for hydroxylation is 1. The van der Waals surface area contributed by atoms with E-state index in [1.54, 1.807) is 11.3 Å². The summed E-state index contributed by atoms with van der Waals surface area (Å²) in [5, 5.41) is 13.1. The van der Waals surface area contributed by atoms with E-state index in [9.17, 15) is 0 Å². The third-order valence-electron chi connectivity index (χ3n) is 4.66. The number of nitrogens with zero attached hydrogens (tertiary/aromatic N) is 6. The minimum absolute atomic E-state index is 0.189. The standard InChI is InChI=1S/C19H22BrN7OS/c1-13-22-17(24-18(23-13)27-8-6-26(7-9-27)10-11-28)25-19-21-12-16(29-19)14-2-4-15(20)5-3-14/h2-5,12,28H,6-11H2,1H3,(H,21,22,23,24,25). The molecule has 10 heteroatoms. The molecule has 29 heavy (non-hydrogen) atoms. The number of hydrogen-bond donors (Lipinski definition) is 2. The molecule has 1 fully saturated rings. The second-order valence-corrected chi connectivity index (χ2v) is 8.67. The maximum Gasteiger partial charge on any atom is 0.234 e. The Bertz CT molecular complexity index is 957. The van der Waals surface area contributed by atoms with E-state index in [1.807, 2.05) is 25.3 Å². The van der Waals surface area contributed by atoms with Crippen molar-refractivity contribution in [3.05, 3.63) is 40.8 Å². The van der Waals surface area contributed by atoms with Crippen molar-refractivity contribution < 1.29 is 5.11 Å². The van der Waals surface area contributed by atoms with Gasteiger partial charge in [-0.25, -0.2) is 4.98 Å². The van der Waals surface area contributed by atoms with Gasteiger partial charge in [-0.2, -0.15) is 15.0 Å². The van der Waals surface area contributed by atoms with Crippen LogP contribution in [0.25, 0.3) is 10.4 Å². The number of aliphatic hydroxyl groups is 1. The first kappa shape index (κ1) is 20.1. The molecular weight excluding hydrogens is 454 g/mol. The van der Waals surface area contributed by atoms with Crippen molar-refractivity contribution in [2.75, 3.05) is 49.5 Å². The SMILES string of the molecule is Cc1nc(Nc2ncc(-c3ccc(Br)cc3)s2)nc(N2CCN(CCO)CC2)n1. The van der Waals surface area contributed by atoms with Crippen LogP contribution < -0.4 is 10.2 Å². The van der Waals surface area contributed by atoms with E-state index in [1.165, 1.54) is 0 Å². The summed E-state index contributed by atoms with van der Waals surface area (Å²) in [6, 6.07) is 8.15. The van der Waals surface area contributed by atoms with Crippen molar-refractivity contribution in [3.8, 4) is 10.4 Å². The van der Waals surface area contributed by atoms with Crippen molar-refractivity contribution in [1.29, 1.82) is 0 Å². The fourth-order valence-corrected chi connectivity index (χ4v) is 4.23. The van der Waals surface area contributed by atoms with Gasteiger partial charge in [0.1, 0.15) is 5.82 Å². The van der Waals surface area contributed by atoms with Crippen LogP contribution in [0.3, 0.4) is 0 Å². The predicted molar refractivity (Wildman–Crippen MR) is 119 cm³/mol. The lowest BCUT2D eigenvalue weighted by molar-refractivity contribution is 0.188. The minimum Gasteiger partial charge on any atom is -0.395 e. The number of thiazole rings is 1. The van der Waals surface area contributed by atoms with Gasteiger partial charge in [0.15, 0.2) is 5.13 Å². The topological polar surface area (TPSA) is 90.3 Å². The summed E-state index contributed by atoms with van der Waals surface area (Å²) in [6.07, 6.45) is 1.85. The molecule has 0 bridgehead atoms. The van der Waals surface area contributed by atoms with Crippen LogP contribution in [-0.4, -0.2) is 69.3 Å². The fraction of sp³-hybridized carbons (Fsp3) is 0.368. The van der Waals surface area contributed by atoms with E-state index in [-0.39, 0.29) is 6.61 Å². The second kappa shape index (κ2) is 9.12. The van der Waals surface area contributed by atoms with Crippen molar-refractivity contribution in [2.24, 2.45) is 0 Å². The Kier molecular flexibility index (Phi) is 6.34. The number of β-amino-alcohol motifs (C(OH)–C–C–N with tert-alkyl or cyclic N) is 1. The normalized spacial score (nSPS) is 14.9. The number of anilines is 3. The Morgan fingerprint density at radius 2 is 1.86 bits per heavy atom. The molecule has 0 saturated carbocycles. The molecule has 0 spiro atoms. The summed E-state index contributed by atoms with van der Waals surface area (Å²) in [4.78, 5) is 23.5. The highest BCUT2D eigenvalue weighted by molar-refractivity contribution is 9.10. The Morgan fingerprint density at radius 3 is 2.59 bits per heavy atom. The first-order valence-electron chi connectivity index (χ1n) is 9.40. The van der Waals surface area contributed by atoms with Crippen LogP contribution in [-0.2, 0) is 0 Å². The zero-order chi connectivity index (χ0) is 20.2. The van der Waals surface area contributed by atoms with E-state index in [0.29, 0.717) is 24.3 Å². The van der Waals surface area contributed by atoms with Gasteiger partial charge >= 0.3 is 0 Å². The minimum atomic E-state index is 0.189. The zero-order valence-electron chi connectivity index (χ0n) is 16.0. The van der Waals surface area contributed by atoms with Crippen LogP contribution >= 0.6 is 27.3 Å². The monoisotopic (exact) mass is 475 g/mol. The van der Waals surface area contributed by atoms with E-state index >= 15 is 0 Å². The summed E-state index contributed by atoms with van der Waals surface area (Å²) in [7, 11) is 0. The molecule has 0 atom stereocenters. The van der Waals surface area contributed by atoms with E-state index in [2.05, 4.69) is 63.1 Å². The van der Waals surface area contributed by atoms with Gasteiger partial charge in [0.05, 0.1) is 11.5 Å². The summed E-state index contributed by atoms with van der Waals surface area (Å²) in [6.45, 7) is 6.19. The van der Waals surface area contributed by atoms with Crippen molar-refractivity contribution in [1.82, 2.24) is 24.8 Å². The van der Waals surface area contributed by atoms with Gasteiger partial charge < -0.3 is 10.0 Å². The maximum absolute atomic E-state index is 9.10. The fourth-order valence-electron chi connectivity index (χ4n) is 3.15. The Morgan fingerprint density at radius 1 is 1.10 bits per heavy atom. The predicted octanol–water partition coefficient (Wildman–Crippen LogP) is 2.92. The molecule has 1 saturated heterocycles. The lowest BCUT2D eigenvalue weighted by Crippen LogP contribution is -2.47. The number of piperazine rings is 1. The molecule has 152 valence electrons. The molecule has 2 N–H and O–H groups in total. The highest BCUT2D eigenvalue weighted by Gasteiger charge is 2.20. The molecule has 8 nitrogen and oxygen atoms in total. The Balaban J connectivity index is 1.46. The molecule has 0 unspecified atom stereocenters. The zero-order valence-corrected chi connectivity index (χ0v) is 18.4. The van der Waals surface area contributed by atoms with E-state index < -0.39 is 0 Å². The molecule has 3 aromatic rings. The number of nitrogens with one attached hydrogen (secondary N) is 1.